The molecule has 0 spiro atoms. The maximum atomic E-state index is 13.1. The molecule has 32 heavy (non-hydrogen) atoms. The van der Waals surface area contributed by atoms with Crippen molar-refractivity contribution < 1.29 is 14.0 Å². The predicted octanol–water partition coefficient (Wildman–Crippen LogP) is 3.79. The minimum absolute atomic E-state index is 0.173. The highest BCUT2D eigenvalue weighted by Crippen LogP contribution is 2.24. The SMILES string of the molecule is NC(C(=O)N1CC=C(c2ccc(F)cc2)CC1)c1ccc(C(=O)Nc2ccncc2)cc1. The number of hydrogen-bond acceptors (Lipinski definition) is 4. The van der Waals surface area contributed by atoms with Gasteiger partial charge in [0.15, 0.2) is 0 Å². The molecule has 2 amide bonds. The Balaban J connectivity index is 1.37. The number of carbonyl (C=O) groups is 2. The van der Waals surface area contributed by atoms with Crippen LogP contribution in [0.5, 0.6) is 0 Å². The quantitative estimate of drug-likeness (QED) is 0.645. The number of carbonyl (C=O) groups excluding carboxylic acids is 2. The normalized spacial score (nSPS) is 14.4. The van der Waals surface area contributed by atoms with Gasteiger partial charge in [-0.3, -0.25) is 14.6 Å². The molecule has 0 bridgehead atoms. The van der Waals surface area contributed by atoms with Crippen molar-refractivity contribution in [3.05, 3.63) is 102 Å². The first kappa shape index (κ1) is 21.4. The largest absolute Gasteiger partial charge is 0.337 e. The van der Waals surface area contributed by atoms with E-state index >= 15 is 0 Å². The third-order valence-electron chi connectivity index (χ3n) is 5.47. The Hall–Kier alpha value is -3.84. The molecule has 4 rings (SSSR count). The molecule has 0 saturated carbocycles. The molecule has 0 radical (unpaired) electrons. The van der Waals surface area contributed by atoms with Gasteiger partial charge in [-0.15, -0.1) is 0 Å². The maximum absolute atomic E-state index is 13.1. The second-order valence-corrected chi connectivity index (χ2v) is 7.56. The molecular weight excluding hydrogens is 407 g/mol. The van der Waals surface area contributed by atoms with Gasteiger partial charge in [0.2, 0.25) is 5.91 Å². The second kappa shape index (κ2) is 9.53. The van der Waals surface area contributed by atoms with Crippen LogP contribution in [0.2, 0.25) is 0 Å². The molecule has 7 heteroatoms. The summed E-state index contributed by atoms with van der Waals surface area (Å²) >= 11 is 0. The topological polar surface area (TPSA) is 88.3 Å². The third-order valence-corrected chi connectivity index (χ3v) is 5.47. The van der Waals surface area contributed by atoms with Gasteiger partial charge in [-0.2, -0.15) is 0 Å². The summed E-state index contributed by atoms with van der Waals surface area (Å²) in [5, 5.41) is 2.79. The Kier molecular flexibility index (Phi) is 6.37. The maximum Gasteiger partial charge on any atom is 0.255 e. The number of rotatable bonds is 5. The monoisotopic (exact) mass is 430 g/mol. The smallest absolute Gasteiger partial charge is 0.255 e. The van der Waals surface area contributed by atoms with Crippen molar-refractivity contribution in [1.82, 2.24) is 9.88 Å². The number of hydrogen-bond donors (Lipinski definition) is 2. The second-order valence-electron chi connectivity index (χ2n) is 7.56. The molecule has 1 aromatic heterocycles. The molecule has 2 aromatic carbocycles. The van der Waals surface area contributed by atoms with Crippen LogP contribution < -0.4 is 11.1 Å². The van der Waals surface area contributed by atoms with Crippen LogP contribution in [0.4, 0.5) is 10.1 Å². The van der Waals surface area contributed by atoms with E-state index in [1.165, 1.54) is 12.1 Å². The summed E-state index contributed by atoms with van der Waals surface area (Å²) in [5.74, 6) is -0.695. The van der Waals surface area contributed by atoms with Crippen molar-refractivity contribution in [1.29, 1.82) is 0 Å². The number of anilines is 1. The van der Waals surface area contributed by atoms with Crippen LogP contribution in [0.25, 0.3) is 5.57 Å². The van der Waals surface area contributed by atoms with E-state index in [1.807, 2.05) is 6.08 Å². The summed E-state index contributed by atoms with van der Waals surface area (Å²) in [7, 11) is 0. The lowest BCUT2D eigenvalue weighted by molar-refractivity contribution is -0.132. The molecule has 0 aliphatic carbocycles. The van der Waals surface area contributed by atoms with Crippen molar-refractivity contribution in [2.45, 2.75) is 12.5 Å². The average molecular weight is 430 g/mol. The third kappa shape index (κ3) is 4.90. The van der Waals surface area contributed by atoms with E-state index in [0.717, 1.165) is 11.1 Å². The Bertz CT molecular complexity index is 1130. The lowest BCUT2D eigenvalue weighted by Crippen LogP contribution is -2.40. The van der Waals surface area contributed by atoms with E-state index in [4.69, 9.17) is 5.73 Å². The van der Waals surface area contributed by atoms with Crippen LogP contribution in [0, 0.1) is 5.82 Å². The standard InChI is InChI=1S/C25H23FN4O2/c26-21-7-5-17(6-8-21)18-11-15-30(16-12-18)25(32)23(27)19-1-3-20(4-2-19)24(31)29-22-9-13-28-14-10-22/h1-11,13-14,23H,12,15-16,27H2,(H,28,29,31). The van der Waals surface area contributed by atoms with E-state index in [1.54, 1.807) is 65.8 Å². The number of halogens is 1. The fourth-order valence-corrected chi connectivity index (χ4v) is 3.62. The average Bonchev–Trinajstić information content (AvgIpc) is 2.84. The van der Waals surface area contributed by atoms with Gasteiger partial charge in [0.05, 0.1) is 0 Å². The van der Waals surface area contributed by atoms with Gasteiger partial charge >= 0.3 is 0 Å². The van der Waals surface area contributed by atoms with Crippen LogP contribution in [-0.2, 0) is 4.79 Å². The van der Waals surface area contributed by atoms with Crippen LogP contribution >= 0.6 is 0 Å². The first-order valence-corrected chi connectivity index (χ1v) is 10.3. The summed E-state index contributed by atoms with van der Waals surface area (Å²) in [6.45, 7) is 0.994. The molecule has 6 nitrogen and oxygen atoms in total. The van der Waals surface area contributed by atoms with E-state index in [-0.39, 0.29) is 17.6 Å². The van der Waals surface area contributed by atoms with Crippen LogP contribution in [0.3, 0.4) is 0 Å². The van der Waals surface area contributed by atoms with Gasteiger partial charge in [-0.25, -0.2) is 4.39 Å². The zero-order valence-corrected chi connectivity index (χ0v) is 17.4. The van der Waals surface area contributed by atoms with E-state index in [2.05, 4.69) is 10.3 Å². The van der Waals surface area contributed by atoms with Crippen molar-refractivity contribution in [2.75, 3.05) is 18.4 Å². The van der Waals surface area contributed by atoms with Crippen LogP contribution in [0.1, 0.15) is 33.9 Å². The van der Waals surface area contributed by atoms with Crippen molar-refractivity contribution in [2.24, 2.45) is 5.73 Å². The summed E-state index contributed by atoms with van der Waals surface area (Å²) < 4.78 is 13.1. The van der Waals surface area contributed by atoms with Gasteiger partial charge in [-0.1, -0.05) is 30.3 Å². The van der Waals surface area contributed by atoms with E-state index in [0.29, 0.717) is 36.3 Å². The fraction of sp³-hybridized carbons (Fsp3) is 0.160. The molecule has 1 unspecified atom stereocenters. The molecule has 162 valence electrons. The lowest BCUT2D eigenvalue weighted by atomic mass is 9.98. The van der Waals surface area contributed by atoms with Gasteiger partial charge < -0.3 is 16.0 Å². The molecule has 0 fully saturated rings. The fourth-order valence-electron chi connectivity index (χ4n) is 3.62. The van der Waals surface area contributed by atoms with Crippen molar-refractivity contribution >= 4 is 23.1 Å². The summed E-state index contributed by atoms with van der Waals surface area (Å²) in [5.41, 5.74) is 10.0. The number of benzene rings is 2. The van der Waals surface area contributed by atoms with E-state index in [9.17, 15) is 14.0 Å². The van der Waals surface area contributed by atoms with Gasteiger partial charge in [0.1, 0.15) is 11.9 Å². The molecule has 3 N–H and O–H groups in total. The zero-order valence-electron chi connectivity index (χ0n) is 17.4. The highest BCUT2D eigenvalue weighted by Gasteiger charge is 2.24. The number of amides is 2. The highest BCUT2D eigenvalue weighted by atomic mass is 19.1. The number of nitrogens with one attached hydrogen (secondary N) is 1. The van der Waals surface area contributed by atoms with Gasteiger partial charge in [-0.05, 0) is 59.5 Å². The zero-order chi connectivity index (χ0) is 22.5. The molecule has 3 aromatic rings. The molecule has 1 aliphatic heterocycles. The summed E-state index contributed by atoms with van der Waals surface area (Å²) in [6.07, 6.45) is 5.86. The first-order chi connectivity index (χ1) is 15.5. The van der Waals surface area contributed by atoms with Gasteiger partial charge in [0, 0.05) is 36.7 Å². The minimum Gasteiger partial charge on any atom is -0.337 e. The molecule has 2 heterocycles. The molecule has 1 aliphatic rings. The lowest BCUT2D eigenvalue weighted by Gasteiger charge is -2.29. The number of nitrogens with two attached hydrogens (primary N) is 1. The molecule has 1 atom stereocenters. The van der Waals surface area contributed by atoms with Crippen molar-refractivity contribution in [3.63, 3.8) is 0 Å². The Labute approximate surface area is 185 Å². The summed E-state index contributed by atoms with van der Waals surface area (Å²) in [6, 6.07) is 15.7. The van der Waals surface area contributed by atoms with Crippen LogP contribution in [0.15, 0.2) is 79.1 Å². The Morgan fingerprint density at radius 3 is 2.31 bits per heavy atom. The number of pyridine rings is 1. The van der Waals surface area contributed by atoms with Crippen molar-refractivity contribution in [3.8, 4) is 0 Å². The highest BCUT2D eigenvalue weighted by molar-refractivity contribution is 6.04. The number of nitrogens with zero attached hydrogens (tertiary/aromatic N) is 2. The van der Waals surface area contributed by atoms with Gasteiger partial charge in [0.25, 0.3) is 5.91 Å². The molecule has 0 saturated heterocycles. The summed E-state index contributed by atoms with van der Waals surface area (Å²) in [4.78, 5) is 30.9. The predicted molar refractivity (Wildman–Crippen MR) is 121 cm³/mol. The number of aromatic nitrogens is 1. The first-order valence-electron chi connectivity index (χ1n) is 10.3. The minimum atomic E-state index is -0.812. The Morgan fingerprint density at radius 1 is 1.00 bits per heavy atom. The van der Waals surface area contributed by atoms with Crippen LogP contribution in [-0.4, -0.2) is 34.8 Å². The van der Waals surface area contributed by atoms with E-state index < -0.39 is 6.04 Å². The molecular formula is C25H23FN4O2. The Morgan fingerprint density at radius 2 is 1.69 bits per heavy atom.